The van der Waals surface area contributed by atoms with Crippen LogP contribution in [0.2, 0.25) is 0 Å². The van der Waals surface area contributed by atoms with Crippen LogP contribution >= 0.6 is 0 Å². The molecule has 2 aromatic rings. The van der Waals surface area contributed by atoms with Gasteiger partial charge in [0.2, 0.25) is 15.9 Å². The van der Waals surface area contributed by atoms with Gasteiger partial charge in [0.15, 0.2) is 0 Å². The number of carbonyl (C=O) groups is 1. The van der Waals surface area contributed by atoms with Gasteiger partial charge in [0.05, 0.1) is 12.3 Å². The van der Waals surface area contributed by atoms with Gasteiger partial charge in [0, 0.05) is 24.2 Å². The molecule has 2 aromatic carbocycles. The maximum atomic E-state index is 12.0. The van der Waals surface area contributed by atoms with E-state index in [9.17, 15) is 13.2 Å². The van der Waals surface area contributed by atoms with E-state index in [0.717, 1.165) is 36.2 Å². The Morgan fingerprint density at radius 2 is 1.74 bits per heavy atom. The van der Waals surface area contributed by atoms with E-state index in [-0.39, 0.29) is 18.2 Å². The van der Waals surface area contributed by atoms with Crippen LogP contribution in [-0.4, -0.2) is 27.4 Å². The highest BCUT2D eigenvalue weighted by Gasteiger charge is 2.19. The Kier molecular flexibility index (Phi) is 6.28. The number of piperidine rings is 1. The molecule has 0 spiro atoms. The van der Waals surface area contributed by atoms with Crippen LogP contribution in [0.4, 0.5) is 5.69 Å². The topological polar surface area (TPSA) is 66.5 Å². The summed E-state index contributed by atoms with van der Waals surface area (Å²) in [7, 11) is -3.41. The second-order valence-electron chi connectivity index (χ2n) is 6.42. The average Bonchev–Trinajstić information content (AvgIpc) is 2.67. The van der Waals surface area contributed by atoms with Crippen molar-refractivity contribution < 1.29 is 13.2 Å². The van der Waals surface area contributed by atoms with E-state index >= 15 is 0 Å². The molecule has 27 heavy (non-hydrogen) atoms. The summed E-state index contributed by atoms with van der Waals surface area (Å²) < 4.78 is 26.6. The molecule has 0 unspecified atom stereocenters. The Labute approximate surface area is 160 Å². The molecule has 0 saturated carbocycles. The molecule has 1 aliphatic rings. The average molecular weight is 382 g/mol. The van der Waals surface area contributed by atoms with Gasteiger partial charge in [-0.3, -0.25) is 4.79 Å². The fraction of sp³-hybridized carbons (Fsp3) is 0.286. The molecule has 0 radical (unpaired) electrons. The summed E-state index contributed by atoms with van der Waals surface area (Å²) in [5.74, 6) is 5.87. The summed E-state index contributed by atoms with van der Waals surface area (Å²) in [6.07, 6.45) is 2.58. The fourth-order valence-corrected chi connectivity index (χ4v) is 3.97. The zero-order valence-electron chi connectivity index (χ0n) is 15.0. The first-order valence-corrected chi connectivity index (χ1v) is 10.6. The van der Waals surface area contributed by atoms with Crippen LogP contribution in [0.25, 0.3) is 0 Å². The molecule has 3 rings (SSSR count). The number of carbonyl (C=O) groups excluding carboxylic acids is 1. The lowest BCUT2D eigenvalue weighted by molar-refractivity contribution is -0.119. The maximum Gasteiger partial charge on any atom is 0.226 e. The Bertz CT molecular complexity index is 942. The molecule has 6 heteroatoms. The largest absolute Gasteiger partial charge is 0.312 e. The van der Waals surface area contributed by atoms with Gasteiger partial charge in [0.25, 0.3) is 0 Å². The van der Waals surface area contributed by atoms with Crippen molar-refractivity contribution in [2.24, 2.45) is 0 Å². The first-order valence-electron chi connectivity index (χ1n) is 8.94. The lowest BCUT2D eigenvalue weighted by Crippen LogP contribution is -2.35. The fourth-order valence-electron chi connectivity index (χ4n) is 2.94. The maximum absolute atomic E-state index is 12.0. The highest BCUT2D eigenvalue weighted by atomic mass is 32.2. The second kappa shape index (κ2) is 8.85. The van der Waals surface area contributed by atoms with Crippen LogP contribution in [0.3, 0.4) is 0 Å². The highest BCUT2D eigenvalue weighted by molar-refractivity contribution is 7.88. The minimum Gasteiger partial charge on any atom is -0.312 e. The van der Waals surface area contributed by atoms with E-state index in [1.54, 1.807) is 17.0 Å². The van der Waals surface area contributed by atoms with E-state index in [4.69, 9.17) is 0 Å². The number of nitrogens with one attached hydrogen (secondary N) is 1. The van der Waals surface area contributed by atoms with Gasteiger partial charge in [-0.2, -0.15) is 0 Å². The first-order chi connectivity index (χ1) is 13.0. The number of amides is 1. The van der Waals surface area contributed by atoms with E-state index in [2.05, 4.69) is 16.6 Å². The Hall–Kier alpha value is -2.62. The van der Waals surface area contributed by atoms with E-state index in [1.165, 1.54) is 0 Å². The van der Waals surface area contributed by atoms with Gasteiger partial charge < -0.3 is 4.90 Å². The van der Waals surface area contributed by atoms with Gasteiger partial charge in [-0.25, -0.2) is 13.1 Å². The van der Waals surface area contributed by atoms with Crippen LogP contribution in [0.1, 0.15) is 30.4 Å². The number of benzene rings is 2. The third kappa shape index (κ3) is 5.68. The van der Waals surface area contributed by atoms with Gasteiger partial charge in [-0.15, -0.1) is 0 Å². The molecule has 1 aliphatic heterocycles. The Morgan fingerprint density at radius 1 is 1.00 bits per heavy atom. The van der Waals surface area contributed by atoms with Crippen LogP contribution in [-0.2, 0) is 20.6 Å². The van der Waals surface area contributed by atoms with Gasteiger partial charge >= 0.3 is 0 Å². The summed E-state index contributed by atoms with van der Waals surface area (Å²) in [6.45, 7) is 0.814. The number of rotatable bonds is 5. The van der Waals surface area contributed by atoms with Crippen molar-refractivity contribution >= 4 is 21.6 Å². The molecule has 0 bridgehead atoms. The van der Waals surface area contributed by atoms with Crippen molar-refractivity contribution in [3.05, 3.63) is 65.7 Å². The van der Waals surface area contributed by atoms with E-state index < -0.39 is 10.0 Å². The number of hydrogen-bond acceptors (Lipinski definition) is 3. The van der Waals surface area contributed by atoms with Crippen LogP contribution in [0.5, 0.6) is 0 Å². The zero-order valence-corrected chi connectivity index (χ0v) is 15.8. The van der Waals surface area contributed by atoms with Crippen molar-refractivity contribution in [3.63, 3.8) is 0 Å². The van der Waals surface area contributed by atoms with Crippen LogP contribution in [0, 0.1) is 11.8 Å². The molecule has 1 heterocycles. The molecule has 1 N–H and O–H groups in total. The summed E-state index contributed by atoms with van der Waals surface area (Å²) in [6, 6.07) is 16.5. The predicted octanol–water partition coefficient (Wildman–Crippen LogP) is 2.67. The van der Waals surface area contributed by atoms with E-state index in [1.807, 2.05) is 42.5 Å². The van der Waals surface area contributed by atoms with E-state index in [0.29, 0.717) is 6.42 Å². The Morgan fingerprint density at radius 3 is 2.44 bits per heavy atom. The highest BCUT2D eigenvalue weighted by Crippen LogP contribution is 2.21. The predicted molar refractivity (Wildman–Crippen MR) is 107 cm³/mol. The van der Waals surface area contributed by atoms with Gasteiger partial charge in [0.1, 0.15) is 0 Å². The summed E-state index contributed by atoms with van der Waals surface area (Å²) in [5, 5.41) is 0. The first kappa shape index (κ1) is 19.2. The van der Waals surface area contributed by atoms with Crippen molar-refractivity contribution in [3.8, 4) is 11.8 Å². The minimum absolute atomic E-state index is 0.0571. The molecule has 5 nitrogen and oxygen atoms in total. The molecule has 0 atom stereocenters. The number of anilines is 1. The molecular formula is C21H22N2O3S. The molecular weight excluding hydrogens is 360 g/mol. The van der Waals surface area contributed by atoms with Gasteiger partial charge in [-0.05, 0) is 42.7 Å². The van der Waals surface area contributed by atoms with Crippen molar-refractivity contribution in [1.29, 1.82) is 0 Å². The smallest absolute Gasteiger partial charge is 0.226 e. The Balaban J connectivity index is 1.54. The van der Waals surface area contributed by atoms with Crippen LogP contribution in [0.15, 0.2) is 54.6 Å². The van der Waals surface area contributed by atoms with Crippen molar-refractivity contribution in [1.82, 2.24) is 4.72 Å². The lowest BCUT2D eigenvalue weighted by Gasteiger charge is -2.26. The second-order valence-corrected chi connectivity index (χ2v) is 8.22. The monoisotopic (exact) mass is 382 g/mol. The molecule has 1 fully saturated rings. The molecule has 1 saturated heterocycles. The lowest BCUT2D eigenvalue weighted by atomic mass is 10.1. The number of nitrogens with zero attached hydrogens (tertiary/aromatic N) is 1. The minimum atomic E-state index is -3.41. The molecule has 1 amide bonds. The summed E-state index contributed by atoms with van der Waals surface area (Å²) in [5.41, 5.74) is 2.40. The number of hydrogen-bond donors (Lipinski definition) is 1. The number of sulfonamides is 1. The molecule has 0 aromatic heterocycles. The van der Waals surface area contributed by atoms with Crippen molar-refractivity contribution in [2.45, 2.75) is 25.0 Å². The molecule has 0 aliphatic carbocycles. The standard InChI is InChI=1S/C21H22N2O3S/c24-21-10-4-5-16-23(21)20-13-11-18(12-14-20)9-6-15-22-27(25,26)17-19-7-2-1-3-8-19/h1-3,7-8,11-14,22H,4-5,10,15-17H2. The molecule has 140 valence electrons. The van der Waals surface area contributed by atoms with Gasteiger partial charge in [-0.1, -0.05) is 42.2 Å². The SMILES string of the molecule is O=C1CCCCN1c1ccc(C#CCNS(=O)(=O)Cc2ccccc2)cc1. The van der Waals surface area contributed by atoms with Crippen molar-refractivity contribution in [2.75, 3.05) is 18.0 Å². The van der Waals surface area contributed by atoms with Crippen LogP contribution < -0.4 is 9.62 Å². The summed E-state index contributed by atoms with van der Waals surface area (Å²) >= 11 is 0. The third-order valence-electron chi connectivity index (χ3n) is 4.32. The quantitative estimate of drug-likeness (QED) is 0.809. The zero-order chi connectivity index (χ0) is 19.1. The summed E-state index contributed by atoms with van der Waals surface area (Å²) in [4.78, 5) is 13.8. The third-order valence-corrected chi connectivity index (χ3v) is 5.61. The normalized spacial score (nSPS) is 14.5.